The van der Waals surface area contributed by atoms with Crippen LogP contribution in [0.3, 0.4) is 0 Å². The van der Waals surface area contributed by atoms with Crippen LogP contribution in [0.15, 0.2) is 0 Å². The van der Waals surface area contributed by atoms with Crippen LogP contribution in [0.2, 0.25) is 0 Å². The highest BCUT2D eigenvalue weighted by molar-refractivity contribution is 5.84. The van der Waals surface area contributed by atoms with Gasteiger partial charge in [0.05, 0.1) is 25.3 Å². The molecule has 4 nitrogen and oxygen atoms in total. The van der Waals surface area contributed by atoms with Crippen molar-refractivity contribution >= 4 is 5.91 Å². The molecule has 0 spiro atoms. The van der Waals surface area contributed by atoms with Crippen molar-refractivity contribution in [2.45, 2.75) is 26.8 Å². The predicted molar refractivity (Wildman–Crippen MR) is 51.4 cm³/mol. The third-order valence-corrected chi connectivity index (χ3v) is 2.44. The van der Waals surface area contributed by atoms with Gasteiger partial charge in [0.25, 0.3) is 0 Å². The highest BCUT2D eigenvalue weighted by Gasteiger charge is 2.35. The first-order chi connectivity index (χ1) is 6.49. The molecule has 14 heavy (non-hydrogen) atoms. The molecule has 0 N–H and O–H groups in total. The number of nitrogens with zero attached hydrogens (tertiary/aromatic N) is 2. The fourth-order valence-electron chi connectivity index (χ4n) is 1.44. The summed E-state index contributed by atoms with van der Waals surface area (Å²) >= 11 is 0. The molecule has 0 saturated carbocycles. The number of hydrogen-bond acceptors (Lipinski definition) is 3. The summed E-state index contributed by atoms with van der Waals surface area (Å²) in [5.74, 6) is -0.101. The summed E-state index contributed by atoms with van der Waals surface area (Å²) in [6.07, 6.45) is 0. The molecule has 1 amide bonds. The highest BCUT2D eigenvalue weighted by Crippen LogP contribution is 2.20. The fourth-order valence-corrected chi connectivity index (χ4v) is 1.44. The summed E-state index contributed by atoms with van der Waals surface area (Å²) in [7, 11) is 0. The van der Waals surface area contributed by atoms with Gasteiger partial charge in [-0.3, -0.25) is 4.79 Å². The number of rotatable bonds is 1. The SMILES string of the molecule is C[C@@H]1COCCN1C(=O)C(C)(C)C#N. The van der Waals surface area contributed by atoms with Crippen LogP contribution in [0.1, 0.15) is 20.8 Å². The molecule has 1 saturated heterocycles. The summed E-state index contributed by atoms with van der Waals surface area (Å²) in [5.41, 5.74) is -0.925. The Morgan fingerprint density at radius 3 is 2.79 bits per heavy atom. The van der Waals surface area contributed by atoms with Gasteiger partial charge in [-0.2, -0.15) is 5.26 Å². The van der Waals surface area contributed by atoms with Crippen molar-refractivity contribution in [2.24, 2.45) is 5.41 Å². The zero-order valence-corrected chi connectivity index (χ0v) is 8.91. The normalized spacial score (nSPS) is 23.0. The monoisotopic (exact) mass is 196 g/mol. The topological polar surface area (TPSA) is 53.3 Å². The summed E-state index contributed by atoms with van der Waals surface area (Å²) in [6.45, 7) is 6.95. The molecular formula is C10H16N2O2. The maximum Gasteiger partial charge on any atom is 0.242 e. The molecule has 0 aromatic rings. The van der Waals surface area contributed by atoms with E-state index in [1.807, 2.05) is 13.0 Å². The average molecular weight is 196 g/mol. The first kappa shape index (κ1) is 11.0. The molecule has 1 heterocycles. The van der Waals surface area contributed by atoms with E-state index in [1.54, 1.807) is 18.7 Å². The van der Waals surface area contributed by atoms with Gasteiger partial charge in [0.15, 0.2) is 0 Å². The lowest BCUT2D eigenvalue weighted by Gasteiger charge is -2.36. The number of carbonyl (C=O) groups excluding carboxylic acids is 1. The van der Waals surface area contributed by atoms with Crippen molar-refractivity contribution in [3.05, 3.63) is 0 Å². The molecule has 0 bridgehead atoms. The molecular weight excluding hydrogens is 180 g/mol. The number of carbonyl (C=O) groups is 1. The van der Waals surface area contributed by atoms with Gasteiger partial charge in [-0.15, -0.1) is 0 Å². The van der Waals surface area contributed by atoms with Crippen molar-refractivity contribution in [2.75, 3.05) is 19.8 Å². The number of ether oxygens (including phenoxy) is 1. The van der Waals surface area contributed by atoms with Crippen molar-refractivity contribution in [1.29, 1.82) is 5.26 Å². The Balaban J connectivity index is 2.73. The van der Waals surface area contributed by atoms with Gasteiger partial charge in [-0.05, 0) is 20.8 Å². The first-order valence-electron chi connectivity index (χ1n) is 4.79. The molecule has 1 atom stereocenters. The zero-order chi connectivity index (χ0) is 10.8. The number of hydrogen-bond donors (Lipinski definition) is 0. The molecule has 1 fully saturated rings. The smallest absolute Gasteiger partial charge is 0.242 e. The van der Waals surface area contributed by atoms with Gasteiger partial charge in [-0.1, -0.05) is 0 Å². The lowest BCUT2D eigenvalue weighted by Crippen LogP contribution is -2.51. The number of morpholine rings is 1. The molecule has 0 aromatic carbocycles. The van der Waals surface area contributed by atoms with Crippen LogP contribution in [0.25, 0.3) is 0 Å². The van der Waals surface area contributed by atoms with Crippen molar-refractivity contribution in [3.63, 3.8) is 0 Å². The molecule has 0 aromatic heterocycles. The third-order valence-electron chi connectivity index (χ3n) is 2.44. The molecule has 1 rings (SSSR count). The van der Waals surface area contributed by atoms with Gasteiger partial charge in [-0.25, -0.2) is 0 Å². The van der Waals surface area contributed by atoms with E-state index in [4.69, 9.17) is 10.00 Å². The van der Waals surface area contributed by atoms with Crippen molar-refractivity contribution in [3.8, 4) is 6.07 Å². The zero-order valence-electron chi connectivity index (χ0n) is 8.91. The van der Waals surface area contributed by atoms with E-state index >= 15 is 0 Å². The largest absolute Gasteiger partial charge is 0.377 e. The van der Waals surface area contributed by atoms with Crippen LogP contribution in [0, 0.1) is 16.7 Å². The fraction of sp³-hybridized carbons (Fsp3) is 0.800. The maximum atomic E-state index is 11.9. The van der Waals surface area contributed by atoms with Crippen LogP contribution in [-0.2, 0) is 9.53 Å². The van der Waals surface area contributed by atoms with Gasteiger partial charge in [0.2, 0.25) is 5.91 Å². The minimum atomic E-state index is -0.925. The Morgan fingerprint density at radius 1 is 1.64 bits per heavy atom. The van der Waals surface area contributed by atoms with Crippen LogP contribution in [0.4, 0.5) is 0 Å². The Kier molecular flexibility index (Phi) is 3.12. The second-order valence-electron chi connectivity index (χ2n) is 4.16. The van der Waals surface area contributed by atoms with Crippen LogP contribution in [-0.4, -0.2) is 36.6 Å². The lowest BCUT2D eigenvalue weighted by atomic mass is 9.93. The predicted octanol–water partition coefficient (Wildman–Crippen LogP) is 0.783. The summed E-state index contributed by atoms with van der Waals surface area (Å²) < 4.78 is 5.23. The quantitative estimate of drug-likeness (QED) is 0.623. The first-order valence-corrected chi connectivity index (χ1v) is 4.79. The molecule has 1 aliphatic heterocycles. The summed E-state index contributed by atoms with van der Waals surface area (Å²) in [4.78, 5) is 13.6. The van der Waals surface area contributed by atoms with E-state index in [2.05, 4.69) is 0 Å². The van der Waals surface area contributed by atoms with Crippen molar-refractivity contribution in [1.82, 2.24) is 4.90 Å². The minimum absolute atomic E-state index is 0.0730. The van der Waals surface area contributed by atoms with Crippen LogP contribution in [0.5, 0.6) is 0 Å². The van der Waals surface area contributed by atoms with Crippen LogP contribution >= 0.6 is 0 Å². The standard InChI is InChI=1S/C10H16N2O2/c1-8-6-14-5-4-12(8)9(13)10(2,3)7-11/h8H,4-6H2,1-3H3/t8-/m1/s1. The summed E-state index contributed by atoms with van der Waals surface area (Å²) in [5, 5.41) is 8.85. The van der Waals surface area contributed by atoms with E-state index < -0.39 is 5.41 Å². The lowest BCUT2D eigenvalue weighted by molar-refractivity contribution is -0.145. The van der Waals surface area contributed by atoms with Gasteiger partial charge < -0.3 is 9.64 Å². The molecule has 1 aliphatic rings. The van der Waals surface area contributed by atoms with Crippen molar-refractivity contribution < 1.29 is 9.53 Å². The molecule has 0 aliphatic carbocycles. The highest BCUT2D eigenvalue weighted by atomic mass is 16.5. The Morgan fingerprint density at radius 2 is 2.29 bits per heavy atom. The minimum Gasteiger partial charge on any atom is -0.377 e. The number of nitriles is 1. The van der Waals surface area contributed by atoms with Gasteiger partial charge >= 0.3 is 0 Å². The third kappa shape index (κ3) is 2.05. The van der Waals surface area contributed by atoms with Gasteiger partial charge in [0, 0.05) is 6.54 Å². The van der Waals surface area contributed by atoms with E-state index in [0.717, 1.165) is 0 Å². The molecule has 4 heteroatoms. The second-order valence-corrected chi connectivity index (χ2v) is 4.16. The van der Waals surface area contributed by atoms with E-state index in [9.17, 15) is 4.79 Å². The van der Waals surface area contributed by atoms with E-state index in [0.29, 0.717) is 19.8 Å². The van der Waals surface area contributed by atoms with E-state index in [-0.39, 0.29) is 11.9 Å². The van der Waals surface area contributed by atoms with Crippen LogP contribution < -0.4 is 0 Å². The van der Waals surface area contributed by atoms with E-state index in [1.165, 1.54) is 0 Å². The van der Waals surface area contributed by atoms with Gasteiger partial charge in [0.1, 0.15) is 5.41 Å². The Hall–Kier alpha value is -1.08. The average Bonchev–Trinajstić information content (AvgIpc) is 2.17. The molecule has 0 radical (unpaired) electrons. The molecule has 78 valence electrons. The Labute approximate surface area is 84.4 Å². The Bertz CT molecular complexity index is 268. The second kappa shape index (κ2) is 3.97. The molecule has 0 unspecified atom stereocenters. The maximum absolute atomic E-state index is 11.9. The number of amides is 1. The summed E-state index contributed by atoms with van der Waals surface area (Å²) in [6, 6.07) is 2.10.